The molecule has 166 valence electrons. The van der Waals surface area contributed by atoms with E-state index in [2.05, 4.69) is 36.2 Å². The Bertz CT molecular complexity index is 1100. The minimum atomic E-state index is -5.08. The van der Waals surface area contributed by atoms with E-state index < -0.39 is 12.1 Å². The van der Waals surface area contributed by atoms with E-state index in [1.807, 2.05) is 36.5 Å². The summed E-state index contributed by atoms with van der Waals surface area (Å²) in [6, 6.07) is 9.81. The van der Waals surface area contributed by atoms with Crippen LogP contribution < -0.4 is 10.9 Å². The fourth-order valence-corrected chi connectivity index (χ4v) is 3.02. The van der Waals surface area contributed by atoms with Crippen molar-refractivity contribution >= 4 is 16.7 Å². The molecule has 0 radical (unpaired) electrons. The highest BCUT2D eigenvalue weighted by Crippen LogP contribution is 2.16. The number of hydrogen-bond acceptors (Lipinski definition) is 5. The van der Waals surface area contributed by atoms with Crippen LogP contribution in [-0.2, 0) is 11.3 Å². The van der Waals surface area contributed by atoms with E-state index >= 15 is 0 Å². The molecule has 0 bridgehead atoms. The zero-order valence-electron chi connectivity index (χ0n) is 17.2. The lowest BCUT2D eigenvalue weighted by atomic mass is 10.0. The van der Waals surface area contributed by atoms with Gasteiger partial charge in [-0.3, -0.25) is 9.78 Å². The Morgan fingerprint density at radius 1 is 1.19 bits per heavy atom. The van der Waals surface area contributed by atoms with Gasteiger partial charge in [-0.15, -0.1) is 0 Å². The van der Waals surface area contributed by atoms with Crippen LogP contribution in [0.25, 0.3) is 10.8 Å². The first-order valence-electron chi connectivity index (χ1n) is 9.42. The first-order valence-corrected chi connectivity index (χ1v) is 9.42. The topological polar surface area (TPSA) is 97.1 Å². The SMILES string of the molecule is Cc1ccncc1C(C)NC(C)Cn1ncc2ccccc2c1=O.O=C(O)C(F)(F)F. The van der Waals surface area contributed by atoms with Crippen molar-refractivity contribution in [2.45, 2.75) is 45.6 Å². The highest BCUT2D eigenvalue weighted by Gasteiger charge is 2.38. The molecule has 2 heterocycles. The van der Waals surface area contributed by atoms with Gasteiger partial charge in [0.2, 0.25) is 0 Å². The fourth-order valence-electron chi connectivity index (χ4n) is 3.02. The Balaban J connectivity index is 0.000000423. The van der Waals surface area contributed by atoms with E-state index in [-0.39, 0.29) is 17.6 Å². The summed E-state index contributed by atoms with van der Waals surface area (Å²) in [5, 5.41) is 16.5. The van der Waals surface area contributed by atoms with Gasteiger partial charge >= 0.3 is 12.1 Å². The highest BCUT2D eigenvalue weighted by atomic mass is 19.4. The van der Waals surface area contributed by atoms with Gasteiger partial charge in [0, 0.05) is 29.9 Å². The van der Waals surface area contributed by atoms with Crippen molar-refractivity contribution in [3.63, 3.8) is 0 Å². The normalized spacial score (nSPS) is 13.2. The number of fused-ring (bicyclic) bond motifs is 1. The van der Waals surface area contributed by atoms with E-state index in [0.717, 1.165) is 5.39 Å². The number of carboxylic acid groups (broad SMARTS) is 1. The van der Waals surface area contributed by atoms with Gasteiger partial charge in [0.25, 0.3) is 5.56 Å². The maximum absolute atomic E-state index is 12.5. The van der Waals surface area contributed by atoms with Gasteiger partial charge in [0.05, 0.1) is 18.1 Å². The molecule has 2 N–H and O–H groups in total. The molecule has 10 heteroatoms. The number of benzene rings is 1. The maximum atomic E-state index is 12.5. The van der Waals surface area contributed by atoms with Gasteiger partial charge in [-0.1, -0.05) is 18.2 Å². The summed E-state index contributed by atoms with van der Waals surface area (Å²) in [6.07, 6.45) is 0.353. The van der Waals surface area contributed by atoms with Crippen molar-refractivity contribution in [1.29, 1.82) is 0 Å². The smallest absolute Gasteiger partial charge is 0.475 e. The van der Waals surface area contributed by atoms with Crippen LogP contribution in [0.4, 0.5) is 13.2 Å². The Kier molecular flexibility index (Phi) is 7.87. The number of rotatable bonds is 5. The summed E-state index contributed by atoms with van der Waals surface area (Å²) >= 11 is 0. The average Bonchev–Trinajstić information content (AvgIpc) is 2.70. The van der Waals surface area contributed by atoms with Crippen molar-refractivity contribution in [3.8, 4) is 0 Å². The lowest BCUT2D eigenvalue weighted by Gasteiger charge is -2.21. The Hall–Kier alpha value is -3.27. The van der Waals surface area contributed by atoms with Crippen LogP contribution in [0.1, 0.15) is 31.0 Å². The van der Waals surface area contributed by atoms with Crippen LogP contribution in [0.5, 0.6) is 0 Å². The van der Waals surface area contributed by atoms with E-state index in [1.54, 1.807) is 12.4 Å². The fraction of sp³-hybridized carbons (Fsp3) is 0.333. The van der Waals surface area contributed by atoms with Gasteiger partial charge in [-0.25, -0.2) is 9.48 Å². The summed E-state index contributed by atoms with van der Waals surface area (Å²) < 4.78 is 33.3. The van der Waals surface area contributed by atoms with Crippen LogP contribution in [0, 0.1) is 6.92 Å². The minimum Gasteiger partial charge on any atom is -0.475 e. The van der Waals surface area contributed by atoms with Crippen molar-refractivity contribution in [3.05, 3.63) is 70.4 Å². The molecule has 7 nitrogen and oxygen atoms in total. The summed E-state index contributed by atoms with van der Waals surface area (Å²) in [7, 11) is 0. The molecule has 2 atom stereocenters. The number of pyridine rings is 1. The monoisotopic (exact) mass is 436 g/mol. The number of nitrogens with zero attached hydrogens (tertiary/aromatic N) is 3. The molecule has 3 rings (SSSR count). The molecule has 2 aromatic heterocycles. The lowest BCUT2D eigenvalue weighted by molar-refractivity contribution is -0.192. The third-order valence-corrected chi connectivity index (χ3v) is 4.53. The van der Waals surface area contributed by atoms with Crippen LogP contribution in [0.15, 0.2) is 53.7 Å². The first-order chi connectivity index (χ1) is 14.5. The lowest BCUT2D eigenvalue weighted by Crippen LogP contribution is -2.37. The van der Waals surface area contributed by atoms with Crippen LogP contribution in [0.3, 0.4) is 0 Å². The second-order valence-corrected chi connectivity index (χ2v) is 7.04. The molecule has 0 spiro atoms. The summed E-state index contributed by atoms with van der Waals surface area (Å²) in [5.41, 5.74) is 2.33. The zero-order valence-corrected chi connectivity index (χ0v) is 17.2. The minimum absolute atomic E-state index is 0.0491. The van der Waals surface area contributed by atoms with E-state index in [9.17, 15) is 18.0 Å². The Labute approximate surface area is 176 Å². The van der Waals surface area contributed by atoms with Crippen LogP contribution in [-0.4, -0.2) is 38.1 Å². The predicted octanol–water partition coefficient (Wildman–Crippen LogP) is 3.47. The molecule has 0 aliphatic rings. The number of hydrogen-bond donors (Lipinski definition) is 2. The van der Waals surface area contributed by atoms with Crippen LogP contribution in [0.2, 0.25) is 0 Å². The van der Waals surface area contributed by atoms with Crippen molar-refractivity contribution in [1.82, 2.24) is 20.1 Å². The van der Waals surface area contributed by atoms with Gasteiger partial charge in [0.15, 0.2) is 0 Å². The largest absolute Gasteiger partial charge is 0.490 e. The molecule has 0 amide bonds. The standard InChI is InChI=1S/C19H22N4O.C2HF3O2/c1-13-8-9-20-11-18(13)15(3)22-14(2)12-23-19(24)17-7-5-4-6-16(17)10-21-23;3-2(4,5)1(6)7/h4-11,14-15,22H,12H2,1-3H3;(H,6,7). The number of nitrogens with one attached hydrogen (secondary N) is 1. The Morgan fingerprint density at radius 2 is 1.84 bits per heavy atom. The number of carbonyl (C=O) groups is 1. The average molecular weight is 436 g/mol. The van der Waals surface area contributed by atoms with E-state index in [1.165, 1.54) is 15.8 Å². The molecule has 31 heavy (non-hydrogen) atoms. The number of aromatic nitrogens is 3. The third-order valence-electron chi connectivity index (χ3n) is 4.53. The number of aryl methyl sites for hydroxylation is 1. The van der Waals surface area contributed by atoms with Gasteiger partial charge in [-0.05, 0) is 44.0 Å². The second kappa shape index (κ2) is 10.2. The molecule has 1 aromatic carbocycles. The molecule has 0 saturated carbocycles. The number of alkyl halides is 3. The highest BCUT2D eigenvalue weighted by molar-refractivity contribution is 5.80. The molecule has 0 fully saturated rings. The molecule has 0 saturated heterocycles. The van der Waals surface area contributed by atoms with Crippen molar-refractivity contribution < 1.29 is 23.1 Å². The second-order valence-electron chi connectivity index (χ2n) is 7.04. The Morgan fingerprint density at radius 3 is 2.45 bits per heavy atom. The number of aliphatic carboxylic acids is 1. The molecular formula is C21H23F3N4O3. The zero-order chi connectivity index (χ0) is 23.2. The summed E-state index contributed by atoms with van der Waals surface area (Å²) in [4.78, 5) is 25.6. The molecular weight excluding hydrogens is 413 g/mol. The van der Waals surface area contributed by atoms with Crippen molar-refractivity contribution in [2.75, 3.05) is 0 Å². The van der Waals surface area contributed by atoms with Gasteiger partial charge < -0.3 is 10.4 Å². The summed E-state index contributed by atoms with van der Waals surface area (Å²) in [6.45, 7) is 6.77. The maximum Gasteiger partial charge on any atom is 0.490 e. The molecule has 0 aliphatic carbocycles. The van der Waals surface area contributed by atoms with E-state index in [0.29, 0.717) is 11.9 Å². The molecule has 3 aromatic rings. The quantitative estimate of drug-likeness (QED) is 0.636. The van der Waals surface area contributed by atoms with E-state index in [4.69, 9.17) is 9.90 Å². The summed E-state index contributed by atoms with van der Waals surface area (Å²) in [5.74, 6) is -2.76. The van der Waals surface area contributed by atoms with Gasteiger partial charge in [-0.2, -0.15) is 18.3 Å². The van der Waals surface area contributed by atoms with Crippen LogP contribution >= 0.6 is 0 Å². The van der Waals surface area contributed by atoms with Gasteiger partial charge in [0.1, 0.15) is 0 Å². The van der Waals surface area contributed by atoms with Crippen molar-refractivity contribution in [2.24, 2.45) is 0 Å². The number of halogens is 3. The first kappa shape index (κ1) is 24.0. The molecule has 0 aliphatic heterocycles. The predicted molar refractivity (Wildman–Crippen MR) is 110 cm³/mol. The third kappa shape index (κ3) is 6.61. The molecule has 2 unspecified atom stereocenters. The number of carboxylic acids is 1.